The van der Waals surface area contributed by atoms with Gasteiger partial charge in [0, 0.05) is 26.0 Å². The van der Waals surface area contributed by atoms with Gasteiger partial charge in [-0.3, -0.25) is 4.21 Å². The minimum Gasteiger partial charge on any atom is -0.398 e. The molecule has 0 aliphatic heterocycles. The molecule has 0 saturated heterocycles. The number of rotatable bonds is 8. The van der Waals surface area contributed by atoms with Crippen LogP contribution in [-0.2, 0) is 20.3 Å². The number of nitrogens with two attached hydrogens (primary N) is 1. The fourth-order valence-corrected chi connectivity index (χ4v) is 2.39. The molecule has 0 radical (unpaired) electrons. The highest BCUT2D eigenvalue weighted by Gasteiger charge is 2.06. The van der Waals surface area contributed by atoms with Gasteiger partial charge in [0.25, 0.3) is 0 Å². The van der Waals surface area contributed by atoms with E-state index in [0.29, 0.717) is 36.2 Å². The van der Waals surface area contributed by atoms with Gasteiger partial charge in [-0.05, 0) is 18.6 Å². The average molecular weight is 257 g/mol. The van der Waals surface area contributed by atoms with Crippen LogP contribution in [-0.4, -0.2) is 36.9 Å². The lowest BCUT2D eigenvalue weighted by Gasteiger charge is -2.06. The van der Waals surface area contributed by atoms with Gasteiger partial charge in [0.1, 0.15) is 0 Å². The maximum absolute atomic E-state index is 11.9. The fourth-order valence-electron chi connectivity index (χ4n) is 1.34. The lowest BCUT2D eigenvalue weighted by atomic mass is 10.3. The number of anilines is 1. The zero-order valence-electron chi connectivity index (χ0n) is 10.1. The summed E-state index contributed by atoms with van der Waals surface area (Å²) < 4.78 is 22.1. The normalized spacial score (nSPS) is 12.5. The zero-order valence-corrected chi connectivity index (χ0v) is 10.9. The van der Waals surface area contributed by atoms with E-state index in [1.807, 2.05) is 12.1 Å². The van der Waals surface area contributed by atoms with Crippen molar-refractivity contribution >= 4 is 16.5 Å². The first-order valence-corrected chi connectivity index (χ1v) is 6.87. The Labute approximate surface area is 105 Å². The Morgan fingerprint density at radius 3 is 2.71 bits per heavy atom. The maximum atomic E-state index is 11.9. The number of hydrogen-bond acceptors (Lipinski definition) is 4. The highest BCUT2D eigenvalue weighted by Crippen LogP contribution is 2.15. The molecule has 0 spiro atoms. The van der Waals surface area contributed by atoms with Gasteiger partial charge in [-0.25, -0.2) is 0 Å². The zero-order chi connectivity index (χ0) is 12.5. The molecule has 1 atom stereocenters. The minimum absolute atomic E-state index is 0.473. The van der Waals surface area contributed by atoms with Crippen LogP contribution >= 0.6 is 0 Å². The fraction of sp³-hybridized carbons (Fsp3) is 0.500. The second kappa shape index (κ2) is 8.22. The second-order valence-electron chi connectivity index (χ2n) is 3.55. The van der Waals surface area contributed by atoms with E-state index < -0.39 is 10.8 Å². The predicted octanol–water partition coefficient (Wildman–Crippen LogP) is 1.43. The second-order valence-corrected chi connectivity index (χ2v) is 5.09. The van der Waals surface area contributed by atoms with Crippen LogP contribution in [0, 0.1) is 0 Å². The number of ether oxygens (including phenoxy) is 2. The molecule has 0 aliphatic rings. The smallest absolute Gasteiger partial charge is 0.0618 e. The molecule has 0 aromatic heterocycles. The summed E-state index contributed by atoms with van der Waals surface area (Å²) in [5.74, 6) is 0.473. The number of nitrogen functional groups attached to an aromatic ring is 1. The Morgan fingerprint density at radius 2 is 2.00 bits per heavy atom. The van der Waals surface area contributed by atoms with Crippen LogP contribution < -0.4 is 5.73 Å². The van der Waals surface area contributed by atoms with E-state index in [-0.39, 0.29) is 0 Å². The van der Waals surface area contributed by atoms with Gasteiger partial charge in [0.05, 0.1) is 28.1 Å². The van der Waals surface area contributed by atoms with Crippen molar-refractivity contribution in [2.45, 2.75) is 11.3 Å². The van der Waals surface area contributed by atoms with Crippen LogP contribution in [0.25, 0.3) is 0 Å². The van der Waals surface area contributed by atoms with Gasteiger partial charge >= 0.3 is 0 Å². The van der Waals surface area contributed by atoms with E-state index >= 15 is 0 Å². The Hall–Kier alpha value is -0.910. The van der Waals surface area contributed by atoms with Crippen LogP contribution in [0.15, 0.2) is 29.2 Å². The minimum atomic E-state index is -1.08. The number of para-hydroxylation sites is 1. The highest BCUT2D eigenvalue weighted by atomic mass is 32.2. The predicted molar refractivity (Wildman–Crippen MR) is 69.4 cm³/mol. The summed E-state index contributed by atoms with van der Waals surface area (Å²) >= 11 is 0. The molecule has 1 rings (SSSR count). The van der Waals surface area contributed by atoms with Gasteiger partial charge in [0.15, 0.2) is 0 Å². The monoisotopic (exact) mass is 257 g/mol. The summed E-state index contributed by atoms with van der Waals surface area (Å²) in [6, 6.07) is 7.21. The van der Waals surface area contributed by atoms with Crippen molar-refractivity contribution in [1.82, 2.24) is 0 Å². The Kier molecular flexibility index (Phi) is 6.84. The third-order valence-corrected chi connectivity index (χ3v) is 3.61. The average Bonchev–Trinajstić information content (AvgIpc) is 2.34. The molecule has 4 nitrogen and oxygen atoms in total. The number of benzene rings is 1. The Morgan fingerprint density at radius 1 is 1.24 bits per heavy atom. The third kappa shape index (κ3) is 5.30. The SMILES string of the molecule is COCCCOCCS(=O)c1ccccc1N. The van der Waals surface area contributed by atoms with Crippen molar-refractivity contribution < 1.29 is 13.7 Å². The molecule has 17 heavy (non-hydrogen) atoms. The molecule has 2 N–H and O–H groups in total. The molecule has 0 bridgehead atoms. The molecule has 1 aromatic carbocycles. The van der Waals surface area contributed by atoms with E-state index in [2.05, 4.69) is 0 Å². The van der Waals surface area contributed by atoms with Gasteiger partial charge < -0.3 is 15.2 Å². The van der Waals surface area contributed by atoms with Crippen LogP contribution in [0.2, 0.25) is 0 Å². The van der Waals surface area contributed by atoms with Gasteiger partial charge in [-0.15, -0.1) is 0 Å². The van der Waals surface area contributed by atoms with Gasteiger partial charge in [-0.1, -0.05) is 12.1 Å². The molecule has 0 heterocycles. The summed E-state index contributed by atoms with van der Waals surface area (Å²) in [5, 5.41) is 0. The Bertz CT molecular complexity index is 357. The molecule has 1 unspecified atom stereocenters. The molecule has 0 fully saturated rings. The van der Waals surface area contributed by atoms with E-state index in [4.69, 9.17) is 15.2 Å². The first-order valence-electron chi connectivity index (χ1n) is 5.55. The molecule has 5 heteroatoms. The first kappa shape index (κ1) is 14.2. The van der Waals surface area contributed by atoms with Crippen molar-refractivity contribution in [3.8, 4) is 0 Å². The lowest BCUT2D eigenvalue weighted by Crippen LogP contribution is -2.09. The van der Waals surface area contributed by atoms with Crippen molar-refractivity contribution in [1.29, 1.82) is 0 Å². The van der Waals surface area contributed by atoms with Crippen molar-refractivity contribution in [3.05, 3.63) is 24.3 Å². The maximum Gasteiger partial charge on any atom is 0.0618 e. The topological polar surface area (TPSA) is 61.5 Å². The number of methoxy groups -OCH3 is 1. The van der Waals surface area contributed by atoms with Crippen LogP contribution in [0.4, 0.5) is 5.69 Å². The van der Waals surface area contributed by atoms with E-state index in [1.165, 1.54) is 0 Å². The highest BCUT2D eigenvalue weighted by molar-refractivity contribution is 7.85. The van der Waals surface area contributed by atoms with E-state index in [9.17, 15) is 4.21 Å². The summed E-state index contributed by atoms with van der Waals surface area (Å²) in [7, 11) is 0.577. The lowest BCUT2D eigenvalue weighted by molar-refractivity contribution is 0.112. The van der Waals surface area contributed by atoms with Gasteiger partial charge in [0.2, 0.25) is 0 Å². The molecular weight excluding hydrogens is 238 g/mol. The summed E-state index contributed by atoms with van der Waals surface area (Å²) in [4.78, 5) is 0.688. The molecule has 96 valence electrons. The van der Waals surface area contributed by atoms with E-state index in [1.54, 1.807) is 19.2 Å². The summed E-state index contributed by atoms with van der Waals surface area (Å²) in [5.41, 5.74) is 6.32. The van der Waals surface area contributed by atoms with Crippen molar-refractivity contribution in [3.63, 3.8) is 0 Å². The van der Waals surface area contributed by atoms with Crippen molar-refractivity contribution in [2.75, 3.05) is 38.4 Å². The number of hydrogen-bond donors (Lipinski definition) is 1. The van der Waals surface area contributed by atoms with Crippen LogP contribution in [0.3, 0.4) is 0 Å². The molecular formula is C12H19NO3S. The summed E-state index contributed by atoms with van der Waals surface area (Å²) in [6.45, 7) is 1.80. The van der Waals surface area contributed by atoms with Crippen molar-refractivity contribution in [2.24, 2.45) is 0 Å². The van der Waals surface area contributed by atoms with Crippen LogP contribution in [0.1, 0.15) is 6.42 Å². The molecule has 0 saturated carbocycles. The quantitative estimate of drug-likeness (QED) is 0.565. The molecule has 1 aromatic rings. The first-order chi connectivity index (χ1) is 8.25. The van der Waals surface area contributed by atoms with E-state index in [0.717, 1.165) is 6.42 Å². The van der Waals surface area contributed by atoms with Crippen LogP contribution in [0.5, 0.6) is 0 Å². The molecule has 0 aliphatic carbocycles. The van der Waals surface area contributed by atoms with Gasteiger partial charge in [-0.2, -0.15) is 0 Å². The Balaban J connectivity index is 2.24. The molecule has 0 amide bonds. The largest absolute Gasteiger partial charge is 0.398 e. The third-order valence-electron chi connectivity index (χ3n) is 2.21. The standard InChI is InChI=1S/C12H19NO3S/c1-15-7-4-8-16-9-10-17(14)12-6-3-2-5-11(12)13/h2-3,5-6H,4,7-10,13H2,1H3. The summed E-state index contributed by atoms with van der Waals surface area (Å²) in [6.07, 6.45) is 0.858.